The number of benzene rings is 1. The van der Waals surface area contributed by atoms with Gasteiger partial charge in [0, 0.05) is 53.9 Å². The van der Waals surface area contributed by atoms with Crippen molar-refractivity contribution in [3.05, 3.63) is 50.6 Å². The standard InChI is InChI=1S/C22H23ClN6O3S/c1-28-6-5-14-17(10-28)33-21(26-14)20(31)25-16-9-29(2)22(32)18(16)27-19(30)15-8-11-7-12(23)3-4-13(11)24-15/h3-4,7-8,16,18,24H,5-6,9-10H2,1-2H3,(H,25,31)(H,27,30)/t16-,18?/m1/s1. The molecule has 1 aromatic carbocycles. The Hall–Kier alpha value is -2.95. The highest BCUT2D eigenvalue weighted by molar-refractivity contribution is 7.13. The smallest absolute Gasteiger partial charge is 0.280 e. The Morgan fingerprint density at radius 1 is 1.21 bits per heavy atom. The Balaban J connectivity index is 1.31. The van der Waals surface area contributed by atoms with E-state index >= 15 is 0 Å². The third-order valence-electron chi connectivity index (χ3n) is 6.06. The molecule has 5 rings (SSSR count). The molecule has 3 amide bonds. The van der Waals surface area contributed by atoms with Gasteiger partial charge in [0.25, 0.3) is 11.8 Å². The number of hydrogen-bond acceptors (Lipinski definition) is 6. The lowest BCUT2D eigenvalue weighted by molar-refractivity contribution is -0.128. The van der Waals surface area contributed by atoms with Crippen molar-refractivity contribution in [2.45, 2.75) is 25.0 Å². The molecule has 2 aromatic heterocycles. The number of halogens is 1. The maximum atomic E-state index is 12.9. The van der Waals surface area contributed by atoms with Crippen LogP contribution in [0.15, 0.2) is 24.3 Å². The maximum Gasteiger partial charge on any atom is 0.280 e. The Kier molecular flexibility index (Phi) is 5.59. The fraction of sp³-hybridized carbons (Fsp3) is 0.364. The van der Waals surface area contributed by atoms with Crippen LogP contribution in [0.5, 0.6) is 0 Å². The predicted molar refractivity (Wildman–Crippen MR) is 126 cm³/mol. The van der Waals surface area contributed by atoms with Gasteiger partial charge in [-0.05, 0) is 31.3 Å². The number of likely N-dealkylation sites (tertiary alicyclic amines) is 1. The first-order valence-corrected chi connectivity index (χ1v) is 11.8. The molecule has 11 heteroatoms. The van der Waals surface area contributed by atoms with Gasteiger partial charge >= 0.3 is 0 Å². The van der Waals surface area contributed by atoms with E-state index in [1.54, 1.807) is 31.3 Å². The van der Waals surface area contributed by atoms with Gasteiger partial charge in [-0.1, -0.05) is 11.6 Å². The number of fused-ring (bicyclic) bond motifs is 2. The van der Waals surface area contributed by atoms with E-state index in [0.717, 1.165) is 41.0 Å². The highest BCUT2D eigenvalue weighted by atomic mass is 35.5. The summed E-state index contributed by atoms with van der Waals surface area (Å²) in [5, 5.41) is 7.44. The maximum absolute atomic E-state index is 12.9. The van der Waals surface area contributed by atoms with Crippen LogP contribution < -0.4 is 10.6 Å². The number of nitrogens with zero attached hydrogens (tertiary/aromatic N) is 3. The molecule has 1 saturated heterocycles. The van der Waals surface area contributed by atoms with Crippen molar-refractivity contribution in [2.75, 3.05) is 27.2 Å². The zero-order chi connectivity index (χ0) is 23.3. The molecule has 2 aliphatic heterocycles. The molecular formula is C22H23ClN6O3S. The second-order valence-electron chi connectivity index (χ2n) is 8.54. The minimum atomic E-state index is -0.873. The van der Waals surface area contributed by atoms with Gasteiger partial charge in [0.2, 0.25) is 5.91 Å². The molecule has 0 spiro atoms. The minimum absolute atomic E-state index is 0.257. The summed E-state index contributed by atoms with van der Waals surface area (Å²) in [5.41, 5.74) is 2.05. The Bertz CT molecular complexity index is 1270. The lowest BCUT2D eigenvalue weighted by Gasteiger charge is -2.20. The Labute approximate surface area is 199 Å². The Morgan fingerprint density at radius 3 is 2.85 bits per heavy atom. The van der Waals surface area contributed by atoms with Crippen molar-refractivity contribution in [1.82, 2.24) is 30.4 Å². The molecule has 9 nitrogen and oxygen atoms in total. The lowest BCUT2D eigenvalue weighted by atomic mass is 10.1. The molecule has 1 unspecified atom stereocenters. The summed E-state index contributed by atoms with van der Waals surface area (Å²) < 4.78 is 0. The van der Waals surface area contributed by atoms with Crippen LogP contribution in [0.1, 0.15) is 30.9 Å². The van der Waals surface area contributed by atoms with Gasteiger partial charge in [-0.15, -0.1) is 11.3 Å². The van der Waals surface area contributed by atoms with Crippen LogP contribution in [0.2, 0.25) is 5.02 Å². The number of thiazole rings is 1. The highest BCUT2D eigenvalue weighted by Crippen LogP contribution is 2.25. The molecule has 4 heterocycles. The summed E-state index contributed by atoms with van der Waals surface area (Å²) >= 11 is 7.41. The molecule has 0 aliphatic carbocycles. The molecular weight excluding hydrogens is 464 g/mol. The summed E-state index contributed by atoms with van der Waals surface area (Å²) in [4.78, 5) is 50.9. The van der Waals surface area contributed by atoms with Crippen LogP contribution in [-0.2, 0) is 17.8 Å². The summed E-state index contributed by atoms with van der Waals surface area (Å²) in [6, 6.07) is 5.52. The molecule has 3 aromatic rings. The van der Waals surface area contributed by atoms with E-state index in [1.807, 2.05) is 7.05 Å². The van der Waals surface area contributed by atoms with Crippen LogP contribution in [0.3, 0.4) is 0 Å². The summed E-state index contributed by atoms with van der Waals surface area (Å²) in [6.45, 7) is 1.98. The predicted octanol–water partition coefficient (Wildman–Crippen LogP) is 1.63. The van der Waals surface area contributed by atoms with E-state index in [4.69, 9.17) is 11.6 Å². The van der Waals surface area contributed by atoms with E-state index in [9.17, 15) is 14.4 Å². The van der Waals surface area contributed by atoms with Gasteiger partial charge in [0.05, 0.1) is 11.7 Å². The largest absolute Gasteiger partial charge is 0.351 e. The summed E-state index contributed by atoms with van der Waals surface area (Å²) in [6.07, 6.45) is 0.814. The van der Waals surface area contributed by atoms with Gasteiger partial charge in [-0.3, -0.25) is 14.4 Å². The van der Waals surface area contributed by atoms with Gasteiger partial charge in [0.15, 0.2) is 5.01 Å². The van der Waals surface area contributed by atoms with E-state index < -0.39 is 18.0 Å². The third kappa shape index (κ3) is 4.21. The van der Waals surface area contributed by atoms with E-state index in [1.165, 1.54) is 16.2 Å². The number of rotatable bonds is 4. The van der Waals surface area contributed by atoms with E-state index in [0.29, 0.717) is 22.3 Å². The highest BCUT2D eigenvalue weighted by Gasteiger charge is 2.41. The van der Waals surface area contributed by atoms with Crippen molar-refractivity contribution < 1.29 is 14.4 Å². The normalized spacial score (nSPS) is 20.8. The lowest BCUT2D eigenvalue weighted by Crippen LogP contribution is -2.52. The zero-order valence-corrected chi connectivity index (χ0v) is 19.7. The molecule has 3 N–H and O–H groups in total. The molecule has 1 fully saturated rings. The molecule has 0 radical (unpaired) electrons. The number of nitrogens with one attached hydrogen (secondary N) is 3. The van der Waals surface area contributed by atoms with Crippen molar-refractivity contribution in [1.29, 1.82) is 0 Å². The molecule has 2 atom stereocenters. The molecule has 0 saturated carbocycles. The van der Waals surface area contributed by atoms with Gasteiger partial charge in [-0.2, -0.15) is 0 Å². The summed E-state index contributed by atoms with van der Waals surface area (Å²) in [7, 11) is 3.69. The van der Waals surface area contributed by atoms with Crippen molar-refractivity contribution in [3.63, 3.8) is 0 Å². The number of aromatic nitrogens is 2. The number of carbonyl (C=O) groups is 3. The number of aromatic amines is 1. The average molecular weight is 487 g/mol. The van der Waals surface area contributed by atoms with Crippen LogP contribution >= 0.6 is 22.9 Å². The zero-order valence-electron chi connectivity index (χ0n) is 18.1. The molecule has 0 bridgehead atoms. The fourth-order valence-corrected chi connectivity index (χ4v) is 5.56. The SMILES string of the molecule is CN1CCc2nc(C(=O)N[C@@H]3CN(C)C(=O)C3NC(=O)c3cc4cc(Cl)ccc4[nH]3)sc2C1. The molecule has 172 valence electrons. The van der Waals surface area contributed by atoms with Crippen LogP contribution in [0.4, 0.5) is 0 Å². The number of amides is 3. The number of hydrogen-bond donors (Lipinski definition) is 3. The number of carbonyl (C=O) groups excluding carboxylic acids is 3. The van der Waals surface area contributed by atoms with Gasteiger partial charge in [-0.25, -0.2) is 4.98 Å². The first-order valence-electron chi connectivity index (χ1n) is 10.6. The van der Waals surface area contributed by atoms with E-state index in [2.05, 4.69) is 25.5 Å². The fourth-order valence-electron chi connectivity index (χ4n) is 4.29. The summed E-state index contributed by atoms with van der Waals surface area (Å²) in [5.74, 6) is -1.01. The third-order valence-corrected chi connectivity index (χ3v) is 7.38. The average Bonchev–Trinajstić information content (AvgIpc) is 3.45. The van der Waals surface area contributed by atoms with Crippen LogP contribution in [-0.4, -0.2) is 76.8 Å². The van der Waals surface area contributed by atoms with Crippen molar-refractivity contribution >= 4 is 51.6 Å². The van der Waals surface area contributed by atoms with Crippen LogP contribution in [0.25, 0.3) is 10.9 Å². The second kappa shape index (κ2) is 8.44. The number of likely N-dealkylation sites (N-methyl/N-ethyl adjacent to an activating group) is 2. The van der Waals surface area contributed by atoms with Crippen molar-refractivity contribution in [2.24, 2.45) is 0 Å². The minimum Gasteiger partial charge on any atom is -0.351 e. The molecule has 33 heavy (non-hydrogen) atoms. The van der Waals surface area contributed by atoms with E-state index in [-0.39, 0.29) is 11.8 Å². The second-order valence-corrected chi connectivity index (χ2v) is 10.1. The van der Waals surface area contributed by atoms with Crippen LogP contribution in [0, 0.1) is 0 Å². The quantitative estimate of drug-likeness (QED) is 0.519. The monoisotopic (exact) mass is 486 g/mol. The molecule has 2 aliphatic rings. The Morgan fingerprint density at radius 2 is 2.03 bits per heavy atom. The van der Waals surface area contributed by atoms with Crippen molar-refractivity contribution in [3.8, 4) is 0 Å². The first kappa shape index (κ1) is 21.9. The van der Waals surface area contributed by atoms with Gasteiger partial charge in [0.1, 0.15) is 11.7 Å². The number of H-pyrrole nitrogens is 1. The topological polar surface area (TPSA) is 110 Å². The first-order chi connectivity index (χ1) is 15.8. The van der Waals surface area contributed by atoms with Gasteiger partial charge < -0.3 is 25.4 Å².